The van der Waals surface area contributed by atoms with Gasteiger partial charge < -0.3 is 14.8 Å². The molecule has 1 atom stereocenters. The second kappa shape index (κ2) is 6.83. The largest absolute Gasteiger partial charge is 0.433 e. The first kappa shape index (κ1) is 14.2. The number of rotatable bonds is 7. The van der Waals surface area contributed by atoms with Crippen molar-refractivity contribution in [3.8, 4) is 0 Å². The van der Waals surface area contributed by atoms with Gasteiger partial charge in [-0.05, 0) is 18.1 Å². The average Bonchev–Trinajstić information content (AvgIpc) is 2.93. The van der Waals surface area contributed by atoms with Gasteiger partial charge in [-0.3, -0.25) is 10.1 Å². The van der Waals surface area contributed by atoms with Gasteiger partial charge in [-0.1, -0.05) is 30.3 Å². The standard InChI is InChI=1S/C14H16N2O4/c17-10-12(8-11-4-2-1-3-5-11)15-9-13-6-7-14(20-13)16(18)19/h1-7,12,15,17H,8-10H2/t12-/m0/s1. The lowest BCUT2D eigenvalue weighted by atomic mass is 10.1. The molecule has 0 bridgehead atoms. The van der Waals surface area contributed by atoms with Crippen molar-refractivity contribution in [3.63, 3.8) is 0 Å². The Morgan fingerprint density at radius 1 is 1.25 bits per heavy atom. The summed E-state index contributed by atoms with van der Waals surface area (Å²) in [5.74, 6) is 0.202. The Morgan fingerprint density at radius 2 is 2.00 bits per heavy atom. The third kappa shape index (κ3) is 3.91. The van der Waals surface area contributed by atoms with Crippen LogP contribution in [0.2, 0.25) is 0 Å². The van der Waals surface area contributed by atoms with Gasteiger partial charge in [-0.25, -0.2) is 0 Å². The third-order valence-corrected chi connectivity index (χ3v) is 2.94. The highest BCUT2D eigenvalue weighted by Gasteiger charge is 2.13. The van der Waals surface area contributed by atoms with Gasteiger partial charge in [0.05, 0.1) is 19.2 Å². The van der Waals surface area contributed by atoms with Crippen LogP contribution in [0.25, 0.3) is 0 Å². The highest BCUT2D eigenvalue weighted by atomic mass is 16.6. The summed E-state index contributed by atoms with van der Waals surface area (Å²) in [5, 5.41) is 23.0. The maximum Gasteiger partial charge on any atom is 0.433 e. The minimum atomic E-state index is -0.572. The molecule has 6 nitrogen and oxygen atoms in total. The van der Waals surface area contributed by atoms with E-state index in [2.05, 4.69) is 5.32 Å². The molecule has 0 spiro atoms. The molecule has 0 aliphatic carbocycles. The molecule has 106 valence electrons. The molecule has 0 saturated heterocycles. The normalized spacial score (nSPS) is 12.2. The Morgan fingerprint density at radius 3 is 2.60 bits per heavy atom. The van der Waals surface area contributed by atoms with Gasteiger partial charge in [-0.15, -0.1) is 0 Å². The van der Waals surface area contributed by atoms with Crippen molar-refractivity contribution in [2.45, 2.75) is 19.0 Å². The number of nitrogens with one attached hydrogen (secondary N) is 1. The molecule has 0 saturated carbocycles. The van der Waals surface area contributed by atoms with E-state index in [1.165, 1.54) is 6.07 Å². The van der Waals surface area contributed by atoms with E-state index in [1.54, 1.807) is 6.07 Å². The molecule has 6 heteroatoms. The number of aliphatic hydroxyl groups is 1. The maximum absolute atomic E-state index is 10.5. The zero-order valence-corrected chi connectivity index (χ0v) is 10.9. The number of hydrogen-bond donors (Lipinski definition) is 2. The van der Waals surface area contributed by atoms with Gasteiger partial charge in [0, 0.05) is 6.04 Å². The van der Waals surface area contributed by atoms with E-state index in [1.807, 2.05) is 30.3 Å². The fourth-order valence-corrected chi connectivity index (χ4v) is 1.90. The van der Waals surface area contributed by atoms with Gasteiger partial charge in [0.25, 0.3) is 0 Å². The van der Waals surface area contributed by atoms with Crippen molar-refractivity contribution in [3.05, 3.63) is 63.9 Å². The summed E-state index contributed by atoms with van der Waals surface area (Å²) in [6.07, 6.45) is 0.681. The molecule has 0 amide bonds. The number of aliphatic hydroxyl groups excluding tert-OH is 1. The molecule has 2 aromatic rings. The van der Waals surface area contributed by atoms with Crippen LogP contribution in [-0.2, 0) is 13.0 Å². The van der Waals surface area contributed by atoms with E-state index in [9.17, 15) is 15.2 Å². The van der Waals surface area contributed by atoms with E-state index in [-0.39, 0.29) is 18.5 Å². The molecule has 1 heterocycles. The molecule has 2 rings (SSSR count). The van der Waals surface area contributed by atoms with E-state index >= 15 is 0 Å². The SMILES string of the molecule is O=[N+]([O-])c1ccc(CN[C@H](CO)Cc2ccccc2)o1. The summed E-state index contributed by atoms with van der Waals surface area (Å²) in [6, 6.07) is 12.6. The second-order valence-electron chi connectivity index (χ2n) is 4.45. The number of nitro groups is 1. The first-order valence-corrected chi connectivity index (χ1v) is 6.30. The summed E-state index contributed by atoms with van der Waals surface area (Å²) in [5.41, 5.74) is 1.12. The zero-order chi connectivity index (χ0) is 14.4. The van der Waals surface area contributed by atoms with Crippen LogP contribution in [-0.4, -0.2) is 22.7 Å². The van der Waals surface area contributed by atoms with Crippen molar-refractivity contribution in [1.29, 1.82) is 0 Å². The van der Waals surface area contributed by atoms with Crippen LogP contribution in [0.3, 0.4) is 0 Å². The smallest absolute Gasteiger partial charge is 0.404 e. The molecule has 0 aliphatic rings. The van der Waals surface area contributed by atoms with Crippen LogP contribution < -0.4 is 5.32 Å². The van der Waals surface area contributed by atoms with Crippen molar-refractivity contribution >= 4 is 5.88 Å². The predicted molar refractivity (Wildman–Crippen MR) is 73.2 cm³/mol. The van der Waals surface area contributed by atoms with Crippen LogP contribution >= 0.6 is 0 Å². The van der Waals surface area contributed by atoms with Crippen molar-refractivity contribution in [2.75, 3.05) is 6.61 Å². The summed E-state index contributed by atoms with van der Waals surface area (Å²) >= 11 is 0. The van der Waals surface area contributed by atoms with Gasteiger partial charge in [0.15, 0.2) is 0 Å². The van der Waals surface area contributed by atoms with Crippen LogP contribution in [0.15, 0.2) is 46.9 Å². The topological polar surface area (TPSA) is 88.5 Å². The molecular weight excluding hydrogens is 260 g/mol. The lowest BCUT2D eigenvalue weighted by molar-refractivity contribution is -0.402. The molecule has 2 N–H and O–H groups in total. The van der Waals surface area contributed by atoms with Gasteiger partial charge in [-0.2, -0.15) is 0 Å². The van der Waals surface area contributed by atoms with Crippen LogP contribution in [0.5, 0.6) is 0 Å². The highest BCUT2D eigenvalue weighted by molar-refractivity contribution is 5.18. The number of hydrogen-bond acceptors (Lipinski definition) is 5. The maximum atomic E-state index is 10.5. The lowest BCUT2D eigenvalue weighted by Crippen LogP contribution is -2.33. The number of furan rings is 1. The first-order chi connectivity index (χ1) is 9.69. The lowest BCUT2D eigenvalue weighted by Gasteiger charge is -2.15. The van der Waals surface area contributed by atoms with Gasteiger partial charge in [0.1, 0.15) is 10.7 Å². The molecular formula is C14H16N2O4. The monoisotopic (exact) mass is 276 g/mol. The molecule has 0 fully saturated rings. The van der Waals surface area contributed by atoms with E-state index < -0.39 is 4.92 Å². The summed E-state index contributed by atoms with van der Waals surface area (Å²) < 4.78 is 5.05. The zero-order valence-electron chi connectivity index (χ0n) is 10.9. The Balaban J connectivity index is 1.88. The summed E-state index contributed by atoms with van der Waals surface area (Å²) in [4.78, 5) is 9.93. The fourth-order valence-electron chi connectivity index (χ4n) is 1.90. The highest BCUT2D eigenvalue weighted by Crippen LogP contribution is 2.15. The Labute approximate surface area is 116 Å². The van der Waals surface area contributed by atoms with Crippen LogP contribution in [0.1, 0.15) is 11.3 Å². The Bertz CT molecular complexity index is 553. The van der Waals surface area contributed by atoms with Gasteiger partial charge in [0.2, 0.25) is 0 Å². The fraction of sp³-hybridized carbons (Fsp3) is 0.286. The minimum absolute atomic E-state index is 0.0162. The number of benzene rings is 1. The molecule has 0 aliphatic heterocycles. The quantitative estimate of drug-likeness (QED) is 0.595. The van der Waals surface area contributed by atoms with Crippen molar-refractivity contribution in [1.82, 2.24) is 5.32 Å². The van der Waals surface area contributed by atoms with Crippen LogP contribution in [0, 0.1) is 10.1 Å². The first-order valence-electron chi connectivity index (χ1n) is 6.30. The van der Waals surface area contributed by atoms with E-state index in [0.29, 0.717) is 18.7 Å². The van der Waals surface area contributed by atoms with Gasteiger partial charge >= 0.3 is 5.88 Å². The number of nitrogens with zero attached hydrogens (tertiary/aromatic N) is 1. The summed E-state index contributed by atoms with van der Waals surface area (Å²) in [6.45, 7) is 0.323. The molecule has 1 aromatic carbocycles. The minimum Gasteiger partial charge on any atom is -0.404 e. The molecule has 0 radical (unpaired) electrons. The van der Waals surface area contributed by atoms with Crippen molar-refractivity contribution < 1.29 is 14.4 Å². The average molecular weight is 276 g/mol. The van der Waals surface area contributed by atoms with Crippen LogP contribution in [0.4, 0.5) is 5.88 Å². The van der Waals surface area contributed by atoms with E-state index in [0.717, 1.165) is 5.56 Å². The molecule has 20 heavy (non-hydrogen) atoms. The Kier molecular flexibility index (Phi) is 4.86. The summed E-state index contributed by atoms with van der Waals surface area (Å²) in [7, 11) is 0. The molecule has 0 unspecified atom stereocenters. The van der Waals surface area contributed by atoms with E-state index in [4.69, 9.17) is 4.42 Å². The predicted octanol–water partition coefficient (Wildman–Crippen LogP) is 1.88. The molecule has 1 aromatic heterocycles. The Hall–Kier alpha value is -2.18. The van der Waals surface area contributed by atoms with Crippen molar-refractivity contribution in [2.24, 2.45) is 0 Å². The second-order valence-corrected chi connectivity index (χ2v) is 4.45. The third-order valence-electron chi connectivity index (χ3n) is 2.94.